The SMILES string of the molecule is CN1CCCCC1C(=O)c1cccc(NC(=O)Nc2ccc(Cl)cc2)c1. The lowest BCUT2D eigenvalue weighted by atomic mass is 9.95. The smallest absolute Gasteiger partial charge is 0.308 e. The molecule has 0 bridgehead atoms. The summed E-state index contributed by atoms with van der Waals surface area (Å²) in [4.78, 5) is 27.1. The molecule has 1 aliphatic heterocycles. The van der Waals surface area contributed by atoms with Gasteiger partial charge in [-0.3, -0.25) is 9.69 Å². The molecule has 1 unspecified atom stereocenters. The van der Waals surface area contributed by atoms with Crippen molar-refractivity contribution >= 4 is 34.8 Å². The first-order valence-electron chi connectivity index (χ1n) is 8.71. The van der Waals surface area contributed by atoms with Crippen LogP contribution in [0, 0.1) is 0 Å². The van der Waals surface area contributed by atoms with Gasteiger partial charge in [-0.2, -0.15) is 0 Å². The zero-order valence-corrected chi connectivity index (χ0v) is 15.4. The molecule has 6 heteroatoms. The lowest BCUT2D eigenvalue weighted by Gasteiger charge is -2.31. The van der Waals surface area contributed by atoms with Gasteiger partial charge in [0.15, 0.2) is 5.78 Å². The molecule has 1 aliphatic rings. The van der Waals surface area contributed by atoms with Crippen LogP contribution in [-0.4, -0.2) is 36.3 Å². The number of halogens is 1. The number of urea groups is 1. The minimum Gasteiger partial charge on any atom is -0.308 e. The van der Waals surface area contributed by atoms with Crippen LogP contribution in [0.15, 0.2) is 48.5 Å². The second kappa shape index (κ2) is 8.34. The monoisotopic (exact) mass is 371 g/mol. The normalized spacial score (nSPS) is 17.5. The Hall–Kier alpha value is -2.37. The van der Waals surface area contributed by atoms with E-state index in [0.717, 1.165) is 25.8 Å². The Kier molecular flexibility index (Phi) is 5.91. The van der Waals surface area contributed by atoms with E-state index in [4.69, 9.17) is 11.6 Å². The van der Waals surface area contributed by atoms with Crippen LogP contribution in [0.25, 0.3) is 0 Å². The minimum absolute atomic E-state index is 0.0816. The van der Waals surface area contributed by atoms with Gasteiger partial charge in [-0.15, -0.1) is 0 Å². The van der Waals surface area contributed by atoms with Gasteiger partial charge in [0.25, 0.3) is 0 Å². The molecule has 1 atom stereocenters. The first-order valence-corrected chi connectivity index (χ1v) is 9.09. The van der Waals surface area contributed by atoms with Gasteiger partial charge in [-0.25, -0.2) is 4.79 Å². The number of Topliss-reactive ketones (excluding diaryl/α,β-unsaturated/α-hetero) is 1. The second-order valence-corrected chi connectivity index (χ2v) is 6.96. The molecule has 1 heterocycles. The Morgan fingerprint density at radius 2 is 1.77 bits per heavy atom. The van der Waals surface area contributed by atoms with Gasteiger partial charge < -0.3 is 10.6 Å². The number of likely N-dealkylation sites (N-methyl/N-ethyl adjacent to an activating group) is 1. The van der Waals surface area contributed by atoms with Gasteiger partial charge in [0, 0.05) is 22.0 Å². The molecule has 0 spiro atoms. The number of piperidine rings is 1. The van der Waals surface area contributed by atoms with Crippen LogP contribution in [0.4, 0.5) is 16.2 Å². The Balaban J connectivity index is 1.65. The summed E-state index contributed by atoms with van der Waals surface area (Å²) in [6, 6.07) is 13.5. The summed E-state index contributed by atoms with van der Waals surface area (Å²) in [6.45, 7) is 0.942. The first kappa shape index (κ1) is 18.4. The second-order valence-electron chi connectivity index (χ2n) is 6.52. The van der Waals surface area contributed by atoms with E-state index in [1.54, 1.807) is 48.5 Å². The van der Waals surface area contributed by atoms with Crippen molar-refractivity contribution in [1.29, 1.82) is 0 Å². The van der Waals surface area contributed by atoms with Crippen molar-refractivity contribution in [3.05, 3.63) is 59.1 Å². The average molecular weight is 372 g/mol. The molecule has 2 aromatic carbocycles. The molecule has 2 N–H and O–H groups in total. The fourth-order valence-corrected chi connectivity index (χ4v) is 3.30. The van der Waals surface area contributed by atoms with Crippen molar-refractivity contribution in [1.82, 2.24) is 4.90 Å². The van der Waals surface area contributed by atoms with E-state index in [2.05, 4.69) is 15.5 Å². The maximum absolute atomic E-state index is 12.8. The number of hydrogen-bond donors (Lipinski definition) is 2. The lowest BCUT2D eigenvalue weighted by Crippen LogP contribution is -2.42. The Labute approximate surface area is 158 Å². The van der Waals surface area contributed by atoms with Gasteiger partial charge in [0.2, 0.25) is 0 Å². The number of nitrogens with one attached hydrogen (secondary N) is 2. The largest absolute Gasteiger partial charge is 0.323 e. The summed E-state index contributed by atoms with van der Waals surface area (Å²) >= 11 is 5.84. The van der Waals surface area contributed by atoms with Crippen molar-refractivity contribution in [2.24, 2.45) is 0 Å². The number of anilines is 2. The summed E-state index contributed by atoms with van der Waals surface area (Å²) in [6.07, 6.45) is 3.08. The molecule has 2 aromatic rings. The Morgan fingerprint density at radius 3 is 2.50 bits per heavy atom. The molecular weight excluding hydrogens is 350 g/mol. The average Bonchev–Trinajstić information content (AvgIpc) is 2.64. The fourth-order valence-electron chi connectivity index (χ4n) is 3.18. The van der Waals surface area contributed by atoms with Crippen molar-refractivity contribution in [2.75, 3.05) is 24.2 Å². The van der Waals surface area contributed by atoms with E-state index >= 15 is 0 Å². The van der Waals surface area contributed by atoms with E-state index in [1.165, 1.54) is 0 Å². The number of amides is 2. The summed E-state index contributed by atoms with van der Waals surface area (Å²) in [5.41, 5.74) is 1.84. The van der Waals surface area contributed by atoms with Crippen molar-refractivity contribution in [2.45, 2.75) is 25.3 Å². The minimum atomic E-state index is -0.369. The molecule has 0 aromatic heterocycles. The van der Waals surface area contributed by atoms with Crippen LogP contribution >= 0.6 is 11.6 Å². The zero-order chi connectivity index (χ0) is 18.5. The van der Waals surface area contributed by atoms with Gasteiger partial charge in [0.1, 0.15) is 0 Å². The third kappa shape index (κ3) is 4.62. The van der Waals surface area contributed by atoms with Gasteiger partial charge >= 0.3 is 6.03 Å². The first-order chi connectivity index (χ1) is 12.5. The van der Waals surface area contributed by atoms with Crippen molar-refractivity contribution < 1.29 is 9.59 Å². The summed E-state index contributed by atoms with van der Waals surface area (Å²) < 4.78 is 0. The number of nitrogens with zero attached hydrogens (tertiary/aromatic N) is 1. The molecule has 2 amide bonds. The number of carbonyl (C=O) groups is 2. The zero-order valence-electron chi connectivity index (χ0n) is 14.7. The van der Waals surface area contributed by atoms with Crippen LogP contribution in [0.1, 0.15) is 29.6 Å². The van der Waals surface area contributed by atoms with Gasteiger partial charge in [-0.05, 0) is 62.8 Å². The maximum Gasteiger partial charge on any atom is 0.323 e. The lowest BCUT2D eigenvalue weighted by molar-refractivity contribution is 0.0798. The molecule has 0 aliphatic carbocycles. The highest BCUT2D eigenvalue weighted by Gasteiger charge is 2.26. The topological polar surface area (TPSA) is 61.4 Å². The number of rotatable bonds is 4. The van der Waals surface area contributed by atoms with Crippen LogP contribution in [0.2, 0.25) is 5.02 Å². The van der Waals surface area contributed by atoms with Gasteiger partial charge in [-0.1, -0.05) is 30.2 Å². The van der Waals surface area contributed by atoms with E-state index in [0.29, 0.717) is 22.0 Å². The van der Waals surface area contributed by atoms with Crippen LogP contribution in [-0.2, 0) is 0 Å². The maximum atomic E-state index is 12.8. The standard InChI is InChI=1S/C20H22ClN3O2/c1-24-12-3-2-7-18(24)19(25)14-5-4-6-17(13-14)23-20(26)22-16-10-8-15(21)9-11-16/h4-6,8-11,13,18H,2-3,7,12H2,1H3,(H2,22,23,26). The van der Waals surface area contributed by atoms with E-state index in [-0.39, 0.29) is 17.9 Å². The molecule has 136 valence electrons. The van der Waals surface area contributed by atoms with Crippen LogP contribution < -0.4 is 10.6 Å². The molecule has 26 heavy (non-hydrogen) atoms. The van der Waals surface area contributed by atoms with E-state index in [9.17, 15) is 9.59 Å². The summed E-state index contributed by atoms with van der Waals surface area (Å²) in [5.74, 6) is 0.106. The Bertz CT molecular complexity index is 792. The summed E-state index contributed by atoms with van der Waals surface area (Å²) in [5, 5.41) is 6.11. The molecule has 1 saturated heterocycles. The fraction of sp³-hybridized carbons (Fsp3) is 0.300. The number of likely N-dealkylation sites (tertiary alicyclic amines) is 1. The number of benzene rings is 2. The predicted molar refractivity (Wildman–Crippen MR) is 105 cm³/mol. The molecule has 0 radical (unpaired) electrons. The highest BCUT2D eigenvalue weighted by Crippen LogP contribution is 2.21. The highest BCUT2D eigenvalue weighted by molar-refractivity contribution is 6.30. The third-order valence-electron chi connectivity index (χ3n) is 4.58. The Morgan fingerprint density at radius 1 is 1.04 bits per heavy atom. The van der Waals surface area contributed by atoms with Crippen LogP contribution in [0.5, 0.6) is 0 Å². The highest BCUT2D eigenvalue weighted by atomic mass is 35.5. The summed E-state index contributed by atoms with van der Waals surface area (Å²) in [7, 11) is 1.99. The molecule has 1 fully saturated rings. The van der Waals surface area contributed by atoms with Crippen molar-refractivity contribution in [3.63, 3.8) is 0 Å². The molecular formula is C20H22ClN3O2. The molecule has 3 rings (SSSR count). The quantitative estimate of drug-likeness (QED) is 0.769. The number of ketones is 1. The predicted octanol–water partition coefficient (Wildman–Crippen LogP) is 4.65. The number of carbonyl (C=O) groups excluding carboxylic acids is 2. The van der Waals surface area contributed by atoms with E-state index in [1.807, 2.05) is 7.05 Å². The molecule has 5 nitrogen and oxygen atoms in total. The third-order valence-corrected chi connectivity index (χ3v) is 4.83. The van der Waals surface area contributed by atoms with E-state index < -0.39 is 0 Å². The van der Waals surface area contributed by atoms with Crippen molar-refractivity contribution in [3.8, 4) is 0 Å². The van der Waals surface area contributed by atoms with Crippen LogP contribution in [0.3, 0.4) is 0 Å². The number of hydrogen-bond acceptors (Lipinski definition) is 3. The van der Waals surface area contributed by atoms with Gasteiger partial charge in [0.05, 0.1) is 6.04 Å². The molecule has 0 saturated carbocycles.